The third-order valence-corrected chi connectivity index (χ3v) is 10.4. The number of nitrogens with one attached hydrogen (secondary N) is 1. The molecule has 0 radical (unpaired) electrons. The van der Waals surface area contributed by atoms with Crippen LogP contribution in [0.1, 0.15) is 108 Å². The van der Waals surface area contributed by atoms with Crippen LogP contribution < -0.4 is 5.32 Å². The van der Waals surface area contributed by atoms with Gasteiger partial charge in [0.05, 0.1) is 11.0 Å². The summed E-state index contributed by atoms with van der Waals surface area (Å²) in [5.41, 5.74) is 2.61. The van der Waals surface area contributed by atoms with Crippen molar-refractivity contribution in [1.29, 1.82) is 0 Å². The predicted octanol–water partition coefficient (Wildman–Crippen LogP) is 6.42. The van der Waals surface area contributed by atoms with Crippen LogP contribution in [0.15, 0.2) is 24.3 Å². The largest absolute Gasteiger partial charge is 0.324 e. The number of hydrogen-bond acceptors (Lipinski definition) is 3. The van der Waals surface area contributed by atoms with Gasteiger partial charge in [-0.1, -0.05) is 44.2 Å². The van der Waals surface area contributed by atoms with Gasteiger partial charge in [-0.25, -0.2) is 4.98 Å². The summed E-state index contributed by atoms with van der Waals surface area (Å²) < 4.78 is 2.75. The summed E-state index contributed by atoms with van der Waals surface area (Å²) in [5.74, 6) is 3.99. The van der Waals surface area contributed by atoms with E-state index in [0.29, 0.717) is 12.0 Å². The second kappa shape index (κ2) is 9.24. The van der Waals surface area contributed by atoms with Crippen LogP contribution in [0.25, 0.3) is 11.0 Å². The van der Waals surface area contributed by atoms with Gasteiger partial charge >= 0.3 is 0 Å². The number of hydrogen-bond donors (Lipinski definition) is 1. The van der Waals surface area contributed by atoms with Gasteiger partial charge in [0, 0.05) is 36.6 Å². The molecule has 2 aliphatic carbocycles. The molecule has 1 aromatic heterocycles. The first-order chi connectivity index (χ1) is 16.8. The first-order valence-corrected chi connectivity index (χ1v) is 14.8. The van der Waals surface area contributed by atoms with E-state index in [0.717, 1.165) is 36.5 Å². The summed E-state index contributed by atoms with van der Waals surface area (Å²) in [4.78, 5) is 8.39. The minimum atomic E-state index is 0.570. The van der Waals surface area contributed by atoms with Crippen LogP contribution in [0, 0.1) is 11.8 Å². The zero-order chi connectivity index (χ0) is 22.5. The Labute approximate surface area is 205 Å². The van der Waals surface area contributed by atoms with Gasteiger partial charge in [-0.05, 0) is 88.3 Å². The summed E-state index contributed by atoms with van der Waals surface area (Å²) in [6.07, 6.45) is 20.1. The number of para-hydroxylation sites is 2. The summed E-state index contributed by atoms with van der Waals surface area (Å²) in [7, 11) is 0. The Bertz CT molecular complexity index is 963. The number of fused-ring (bicyclic) bond motifs is 5. The maximum atomic E-state index is 5.27. The molecule has 0 spiro atoms. The molecule has 4 unspecified atom stereocenters. The maximum absolute atomic E-state index is 5.27. The van der Waals surface area contributed by atoms with Crippen molar-refractivity contribution in [3.8, 4) is 0 Å². The fraction of sp³-hybridized carbons (Fsp3) is 0.767. The summed E-state index contributed by atoms with van der Waals surface area (Å²) in [5, 5.41) is 3.66. The zero-order valence-corrected chi connectivity index (χ0v) is 21.0. The molecule has 3 saturated heterocycles. The Kier molecular flexibility index (Phi) is 5.94. The average molecular weight is 461 g/mol. The SMILES string of the molecule is c1ccc2c(c1)nc([C@H]1CCCNC1)n2C1CC2CCCC(C1)N2C1CC2CCCCC(C2)C1. The lowest BCUT2D eigenvalue weighted by Gasteiger charge is -2.55. The van der Waals surface area contributed by atoms with Crippen molar-refractivity contribution in [3.05, 3.63) is 30.1 Å². The van der Waals surface area contributed by atoms with Crippen LogP contribution in [0.2, 0.25) is 0 Å². The van der Waals surface area contributed by atoms with E-state index in [1.54, 1.807) is 6.42 Å². The zero-order valence-electron chi connectivity index (χ0n) is 21.0. The Morgan fingerprint density at radius 1 is 0.706 bits per heavy atom. The molecule has 2 saturated carbocycles. The van der Waals surface area contributed by atoms with Crippen LogP contribution >= 0.6 is 0 Å². The average Bonchev–Trinajstić information content (AvgIpc) is 3.17. The molecule has 4 heteroatoms. The van der Waals surface area contributed by atoms with E-state index in [1.165, 1.54) is 107 Å². The highest BCUT2D eigenvalue weighted by molar-refractivity contribution is 5.76. The van der Waals surface area contributed by atoms with Crippen molar-refractivity contribution in [2.45, 2.75) is 120 Å². The molecule has 3 aliphatic heterocycles. The summed E-state index contributed by atoms with van der Waals surface area (Å²) >= 11 is 0. The highest BCUT2D eigenvalue weighted by atomic mass is 15.3. The third-order valence-electron chi connectivity index (χ3n) is 10.4. The first kappa shape index (κ1) is 21.9. The lowest BCUT2D eigenvalue weighted by atomic mass is 9.73. The number of piperidine rings is 3. The summed E-state index contributed by atoms with van der Waals surface area (Å²) in [6.45, 7) is 2.27. The van der Waals surface area contributed by atoms with Crippen molar-refractivity contribution < 1.29 is 0 Å². The Hall–Kier alpha value is -1.39. The van der Waals surface area contributed by atoms with Crippen LogP contribution in [0.4, 0.5) is 0 Å². The number of benzene rings is 1. The Morgan fingerprint density at radius 2 is 1.47 bits per heavy atom. The number of imidazole rings is 1. The molecule has 0 amide bonds. The van der Waals surface area contributed by atoms with Gasteiger partial charge in [0.2, 0.25) is 0 Å². The van der Waals surface area contributed by atoms with E-state index in [2.05, 4.69) is 39.0 Å². The quantitative estimate of drug-likeness (QED) is 0.574. The molecule has 5 fully saturated rings. The van der Waals surface area contributed by atoms with Crippen molar-refractivity contribution in [1.82, 2.24) is 19.8 Å². The van der Waals surface area contributed by atoms with Gasteiger partial charge in [0.25, 0.3) is 0 Å². The normalized spacial score (nSPS) is 39.1. The van der Waals surface area contributed by atoms with E-state index in [4.69, 9.17) is 4.98 Å². The van der Waals surface area contributed by atoms with Crippen molar-refractivity contribution in [2.75, 3.05) is 13.1 Å². The van der Waals surface area contributed by atoms with Crippen LogP contribution in [0.3, 0.4) is 0 Å². The lowest BCUT2D eigenvalue weighted by Crippen LogP contribution is -2.58. The fourth-order valence-electron chi connectivity index (χ4n) is 9.11. The maximum Gasteiger partial charge on any atom is 0.114 e. The van der Waals surface area contributed by atoms with Gasteiger partial charge in [-0.15, -0.1) is 0 Å². The van der Waals surface area contributed by atoms with Gasteiger partial charge < -0.3 is 9.88 Å². The van der Waals surface area contributed by atoms with Gasteiger partial charge in [0.15, 0.2) is 0 Å². The molecule has 7 rings (SSSR count). The fourth-order valence-corrected chi connectivity index (χ4v) is 9.11. The molecular formula is C30H44N4. The third kappa shape index (κ3) is 3.93. The van der Waals surface area contributed by atoms with E-state index >= 15 is 0 Å². The topological polar surface area (TPSA) is 33.1 Å². The lowest BCUT2D eigenvalue weighted by molar-refractivity contribution is -0.0421. The summed E-state index contributed by atoms with van der Waals surface area (Å²) in [6, 6.07) is 12.1. The van der Waals surface area contributed by atoms with E-state index < -0.39 is 0 Å². The number of rotatable bonds is 3. The second-order valence-corrected chi connectivity index (χ2v) is 12.6. The minimum absolute atomic E-state index is 0.570. The van der Waals surface area contributed by atoms with Crippen molar-refractivity contribution in [3.63, 3.8) is 0 Å². The first-order valence-electron chi connectivity index (χ1n) is 14.8. The molecule has 34 heavy (non-hydrogen) atoms. The molecule has 5 atom stereocenters. The molecule has 4 bridgehead atoms. The van der Waals surface area contributed by atoms with Gasteiger partial charge in [-0.3, -0.25) is 4.90 Å². The molecule has 2 aromatic rings. The number of aromatic nitrogens is 2. The molecular weight excluding hydrogens is 416 g/mol. The van der Waals surface area contributed by atoms with Crippen LogP contribution in [-0.2, 0) is 0 Å². The molecule has 184 valence electrons. The standard InChI is InChI=1S/C30H44N4/c1-2-8-22-15-21(7-1)16-26(17-22)33-24-10-5-11-25(33)19-27(18-24)34-29-13-4-3-12-28(29)32-30(34)23-9-6-14-31-20-23/h3-4,12-13,21-27,31H,1-2,5-11,14-20H2/t21?,22?,23-,24?,25?,26?,27?/m0/s1. The van der Waals surface area contributed by atoms with Crippen LogP contribution in [0.5, 0.6) is 0 Å². The van der Waals surface area contributed by atoms with Gasteiger partial charge in [-0.2, -0.15) is 0 Å². The van der Waals surface area contributed by atoms with Crippen molar-refractivity contribution in [2.24, 2.45) is 11.8 Å². The predicted molar refractivity (Wildman–Crippen MR) is 139 cm³/mol. The van der Waals surface area contributed by atoms with Crippen LogP contribution in [-0.4, -0.2) is 45.7 Å². The van der Waals surface area contributed by atoms with E-state index in [-0.39, 0.29) is 0 Å². The smallest absolute Gasteiger partial charge is 0.114 e. The Balaban J connectivity index is 1.19. The second-order valence-electron chi connectivity index (χ2n) is 12.6. The monoisotopic (exact) mass is 460 g/mol. The highest BCUT2D eigenvalue weighted by Crippen LogP contribution is 2.47. The highest BCUT2D eigenvalue weighted by Gasteiger charge is 2.45. The van der Waals surface area contributed by atoms with E-state index in [9.17, 15) is 0 Å². The molecule has 1 aromatic carbocycles. The molecule has 1 N–H and O–H groups in total. The molecule has 4 nitrogen and oxygen atoms in total. The number of nitrogens with zero attached hydrogens (tertiary/aromatic N) is 3. The minimum Gasteiger partial charge on any atom is -0.324 e. The van der Waals surface area contributed by atoms with E-state index in [1.807, 2.05) is 0 Å². The molecule has 5 aliphatic rings. The van der Waals surface area contributed by atoms with Gasteiger partial charge in [0.1, 0.15) is 5.82 Å². The van der Waals surface area contributed by atoms with Crippen molar-refractivity contribution >= 4 is 11.0 Å². The molecule has 4 heterocycles. The Morgan fingerprint density at radius 3 is 2.21 bits per heavy atom.